The van der Waals surface area contributed by atoms with E-state index in [1.165, 1.54) is 10.9 Å². The minimum atomic E-state index is -4.47. The van der Waals surface area contributed by atoms with E-state index in [0.29, 0.717) is 43.3 Å². The van der Waals surface area contributed by atoms with Gasteiger partial charge in [0, 0.05) is 30.7 Å². The van der Waals surface area contributed by atoms with Crippen molar-refractivity contribution in [3.05, 3.63) is 48.3 Å². The number of aromatic nitrogens is 3. The number of morpholine rings is 1. The monoisotopic (exact) mass is 348 g/mol. The Labute approximate surface area is 141 Å². The smallest absolute Gasteiger partial charge is 0.378 e. The lowest BCUT2D eigenvalue weighted by Gasteiger charge is -2.28. The van der Waals surface area contributed by atoms with Crippen LogP contribution >= 0.6 is 0 Å². The summed E-state index contributed by atoms with van der Waals surface area (Å²) in [6.45, 7) is 2.59. The Morgan fingerprint density at radius 1 is 1.04 bits per heavy atom. The van der Waals surface area contributed by atoms with Gasteiger partial charge in [0.15, 0.2) is 5.69 Å². The van der Waals surface area contributed by atoms with Crippen molar-refractivity contribution >= 4 is 16.7 Å². The van der Waals surface area contributed by atoms with Crippen molar-refractivity contribution in [2.45, 2.75) is 6.18 Å². The molecule has 1 aliphatic rings. The third-order valence-corrected chi connectivity index (χ3v) is 4.14. The van der Waals surface area contributed by atoms with Crippen molar-refractivity contribution in [3.63, 3.8) is 0 Å². The molecule has 0 amide bonds. The summed E-state index contributed by atoms with van der Waals surface area (Å²) in [6.07, 6.45) is -3.14. The third-order valence-electron chi connectivity index (χ3n) is 4.14. The van der Waals surface area contributed by atoms with Gasteiger partial charge >= 0.3 is 6.18 Å². The molecule has 0 atom stereocenters. The molecule has 4 rings (SSSR count). The van der Waals surface area contributed by atoms with E-state index in [1.54, 1.807) is 6.07 Å². The Kier molecular flexibility index (Phi) is 3.84. The number of alkyl halides is 3. The fourth-order valence-corrected chi connectivity index (χ4v) is 2.90. The van der Waals surface area contributed by atoms with Crippen LogP contribution < -0.4 is 4.90 Å². The molecule has 1 aliphatic heterocycles. The molecule has 2 aromatic heterocycles. The highest BCUT2D eigenvalue weighted by atomic mass is 19.4. The molecular weight excluding hydrogens is 333 g/mol. The van der Waals surface area contributed by atoms with Gasteiger partial charge in [-0.05, 0) is 12.1 Å². The predicted octanol–water partition coefficient (Wildman–Crippen LogP) is 3.28. The second-order valence-corrected chi connectivity index (χ2v) is 5.76. The number of rotatable bonds is 2. The van der Waals surface area contributed by atoms with Gasteiger partial charge in [-0.2, -0.15) is 18.3 Å². The van der Waals surface area contributed by atoms with E-state index in [-0.39, 0.29) is 0 Å². The van der Waals surface area contributed by atoms with Gasteiger partial charge in [-0.1, -0.05) is 18.2 Å². The molecule has 1 saturated heterocycles. The Hall–Kier alpha value is -2.61. The van der Waals surface area contributed by atoms with Crippen LogP contribution in [0, 0.1) is 0 Å². The Bertz CT molecular complexity index is 900. The fourth-order valence-electron chi connectivity index (χ4n) is 2.90. The molecule has 3 heterocycles. The topological polar surface area (TPSA) is 43.2 Å². The van der Waals surface area contributed by atoms with E-state index in [2.05, 4.69) is 15.0 Å². The van der Waals surface area contributed by atoms with Crippen LogP contribution in [0.2, 0.25) is 0 Å². The maximum atomic E-state index is 12.9. The van der Waals surface area contributed by atoms with E-state index in [0.717, 1.165) is 11.5 Å². The first kappa shape index (κ1) is 15.9. The van der Waals surface area contributed by atoms with Gasteiger partial charge in [0.1, 0.15) is 5.82 Å². The van der Waals surface area contributed by atoms with E-state index >= 15 is 0 Å². The lowest BCUT2D eigenvalue weighted by Crippen LogP contribution is -2.36. The first-order valence-electron chi connectivity index (χ1n) is 7.88. The van der Waals surface area contributed by atoms with Crippen molar-refractivity contribution in [1.29, 1.82) is 0 Å². The molecule has 0 radical (unpaired) electrons. The maximum Gasteiger partial charge on any atom is 0.435 e. The Morgan fingerprint density at radius 3 is 2.52 bits per heavy atom. The summed E-state index contributed by atoms with van der Waals surface area (Å²) in [6, 6.07) is 10.1. The molecule has 1 fully saturated rings. The molecule has 0 N–H and O–H groups in total. The normalized spacial score (nSPS) is 15.7. The van der Waals surface area contributed by atoms with Crippen LogP contribution in [-0.4, -0.2) is 41.1 Å². The number of ether oxygens (including phenoxy) is 1. The highest BCUT2D eigenvalue weighted by Gasteiger charge is 2.33. The van der Waals surface area contributed by atoms with E-state index < -0.39 is 11.9 Å². The average molecular weight is 348 g/mol. The second-order valence-electron chi connectivity index (χ2n) is 5.76. The molecule has 0 aliphatic carbocycles. The molecule has 3 aromatic rings. The first-order valence-corrected chi connectivity index (χ1v) is 7.88. The molecule has 1 aromatic carbocycles. The highest BCUT2D eigenvalue weighted by molar-refractivity contribution is 5.89. The maximum absolute atomic E-state index is 12.9. The van der Waals surface area contributed by atoms with Gasteiger partial charge in [-0.15, -0.1) is 0 Å². The zero-order chi connectivity index (χ0) is 17.4. The van der Waals surface area contributed by atoms with Crippen LogP contribution in [0.1, 0.15) is 5.69 Å². The van der Waals surface area contributed by atoms with Gasteiger partial charge in [0.05, 0.1) is 24.4 Å². The van der Waals surface area contributed by atoms with E-state index in [1.807, 2.05) is 24.3 Å². The van der Waals surface area contributed by atoms with Crippen LogP contribution in [0.5, 0.6) is 0 Å². The standard InChI is InChI=1S/C17H15F3N4O/c18-17(19,20)15-5-6-24(22-15)14-11-16(23-7-9-25-10-8-23)21-13-4-2-1-3-12(13)14/h1-6,11H,7-10H2. The highest BCUT2D eigenvalue weighted by Crippen LogP contribution is 2.30. The minimum Gasteiger partial charge on any atom is -0.378 e. The van der Waals surface area contributed by atoms with Crippen LogP contribution in [-0.2, 0) is 10.9 Å². The summed E-state index contributed by atoms with van der Waals surface area (Å²) in [7, 11) is 0. The SMILES string of the molecule is FC(F)(F)c1ccn(-c2cc(N3CCOCC3)nc3ccccc23)n1. The number of pyridine rings is 1. The number of halogens is 3. The summed E-state index contributed by atoms with van der Waals surface area (Å²) >= 11 is 0. The lowest BCUT2D eigenvalue weighted by molar-refractivity contribution is -0.141. The van der Waals surface area contributed by atoms with Crippen molar-refractivity contribution in [2.75, 3.05) is 31.2 Å². The molecule has 8 heteroatoms. The van der Waals surface area contributed by atoms with Crippen molar-refractivity contribution < 1.29 is 17.9 Å². The van der Waals surface area contributed by atoms with Gasteiger partial charge in [0.25, 0.3) is 0 Å². The van der Waals surface area contributed by atoms with Gasteiger partial charge in [0.2, 0.25) is 0 Å². The Morgan fingerprint density at radius 2 is 1.80 bits per heavy atom. The number of nitrogens with zero attached hydrogens (tertiary/aromatic N) is 4. The van der Waals surface area contributed by atoms with Gasteiger partial charge in [-0.25, -0.2) is 9.67 Å². The number of fused-ring (bicyclic) bond motifs is 1. The van der Waals surface area contributed by atoms with Crippen LogP contribution in [0.25, 0.3) is 16.6 Å². The summed E-state index contributed by atoms with van der Waals surface area (Å²) in [5.74, 6) is 0.709. The van der Waals surface area contributed by atoms with Gasteiger partial charge < -0.3 is 9.64 Å². The number of anilines is 1. The third kappa shape index (κ3) is 3.05. The fraction of sp³-hybridized carbons (Fsp3) is 0.294. The number of hydrogen-bond donors (Lipinski definition) is 0. The molecule has 0 spiro atoms. The summed E-state index contributed by atoms with van der Waals surface area (Å²) in [4.78, 5) is 6.71. The first-order chi connectivity index (χ1) is 12.0. The summed E-state index contributed by atoms with van der Waals surface area (Å²) in [5.41, 5.74) is 0.370. The Balaban J connectivity index is 1.85. The summed E-state index contributed by atoms with van der Waals surface area (Å²) < 4.78 is 45.3. The number of para-hydroxylation sites is 1. The molecule has 0 unspecified atom stereocenters. The predicted molar refractivity (Wildman–Crippen MR) is 86.9 cm³/mol. The quantitative estimate of drug-likeness (QED) is 0.713. The molecular formula is C17H15F3N4O. The second kappa shape index (κ2) is 6.03. The molecule has 0 bridgehead atoms. The molecule has 130 valence electrons. The minimum absolute atomic E-state index is 0.572. The lowest BCUT2D eigenvalue weighted by atomic mass is 10.1. The largest absolute Gasteiger partial charge is 0.435 e. The zero-order valence-corrected chi connectivity index (χ0v) is 13.2. The average Bonchev–Trinajstić information content (AvgIpc) is 3.12. The zero-order valence-electron chi connectivity index (χ0n) is 13.2. The number of hydrogen-bond acceptors (Lipinski definition) is 4. The molecule has 0 saturated carbocycles. The van der Waals surface area contributed by atoms with Crippen molar-refractivity contribution in [1.82, 2.24) is 14.8 Å². The van der Waals surface area contributed by atoms with Gasteiger partial charge in [-0.3, -0.25) is 0 Å². The molecule has 25 heavy (non-hydrogen) atoms. The van der Waals surface area contributed by atoms with Crippen LogP contribution in [0.3, 0.4) is 0 Å². The van der Waals surface area contributed by atoms with Crippen LogP contribution in [0.15, 0.2) is 42.6 Å². The van der Waals surface area contributed by atoms with Crippen molar-refractivity contribution in [3.8, 4) is 5.69 Å². The van der Waals surface area contributed by atoms with Crippen molar-refractivity contribution in [2.24, 2.45) is 0 Å². The van der Waals surface area contributed by atoms with E-state index in [9.17, 15) is 13.2 Å². The van der Waals surface area contributed by atoms with Crippen LogP contribution in [0.4, 0.5) is 19.0 Å². The summed E-state index contributed by atoms with van der Waals surface area (Å²) in [5, 5.41) is 4.46. The van der Waals surface area contributed by atoms with E-state index in [4.69, 9.17) is 4.74 Å². The molecule has 5 nitrogen and oxygen atoms in total. The number of benzene rings is 1.